The Hall–Kier alpha value is -1.14. The average Bonchev–Trinajstić information content (AvgIpc) is 3.30. The molecule has 2 aliphatic carbocycles. The van der Waals surface area contributed by atoms with E-state index in [1.165, 1.54) is 25.7 Å². The average molecular weight is 383 g/mol. The molecule has 2 heterocycles. The number of hydrogen-bond acceptors (Lipinski definition) is 5. The van der Waals surface area contributed by atoms with Gasteiger partial charge in [0, 0.05) is 12.5 Å². The van der Waals surface area contributed by atoms with E-state index in [1.54, 1.807) is 0 Å². The van der Waals surface area contributed by atoms with Crippen molar-refractivity contribution in [1.29, 1.82) is 0 Å². The van der Waals surface area contributed by atoms with Gasteiger partial charge in [-0.1, -0.05) is 37.3 Å². The van der Waals surface area contributed by atoms with E-state index in [2.05, 4.69) is 20.8 Å². The van der Waals surface area contributed by atoms with Gasteiger partial charge in [0.25, 0.3) is 0 Å². The van der Waals surface area contributed by atoms with E-state index in [0.29, 0.717) is 17.7 Å². The van der Waals surface area contributed by atoms with Crippen LogP contribution in [0.25, 0.3) is 0 Å². The molecule has 26 heavy (non-hydrogen) atoms. The topological polar surface area (TPSA) is 80.0 Å². The van der Waals surface area contributed by atoms with Gasteiger partial charge in [0.2, 0.25) is 11.8 Å². The van der Waals surface area contributed by atoms with Crippen LogP contribution in [-0.2, 0) is 4.79 Å². The van der Waals surface area contributed by atoms with Crippen molar-refractivity contribution in [2.24, 2.45) is 11.3 Å². The van der Waals surface area contributed by atoms with E-state index >= 15 is 0 Å². The number of carbonyl (C=O) groups excluding carboxylic acids is 1. The number of carbonyl (C=O) groups is 1. The number of halogens is 1. The van der Waals surface area contributed by atoms with Gasteiger partial charge in [0.15, 0.2) is 5.82 Å². The largest absolute Gasteiger partial charge is 0.344 e. The van der Waals surface area contributed by atoms with Crippen LogP contribution in [0.5, 0.6) is 0 Å². The van der Waals surface area contributed by atoms with Crippen LogP contribution >= 0.6 is 12.4 Å². The Morgan fingerprint density at radius 3 is 2.81 bits per heavy atom. The number of nitrogens with one attached hydrogen (secondary N) is 2. The standard InChI is InChI=1S/C19H30N4O2.ClH/c1-13(17-22-16(23-25-17)14-7-3-2-4-8-14)21-18(24)19-10-6-5-9-15(19)11-20-12-19;/h13-15,20H,2-12H2,1H3,(H,21,24);1H/t13?,15-,19+;/m0./s1. The zero-order chi connectivity index (χ0) is 17.3. The maximum atomic E-state index is 13.1. The van der Waals surface area contributed by atoms with Crippen molar-refractivity contribution in [2.45, 2.75) is 76.7 Å². The van der Waals surface area contributed by atoms with Gasteiger partial charge in [-0.15, -0.1) is 12.4 Å². The monoisotopic (exact) mass is 382 g/mol. The molecule has 0 spiro atoms. The normalized spacial score (nSPS) is 30.3. The van der Waals surface area contributed by atoms with Gasteiger partial charge in [0.05, 0.1) is 5.41 Å². The zero-order valence-corrected chi connectivity index (χ0v) is 16.4. The van der Waals surface area contributed by atoms with Crippen molar-refractivity contribution in [3.8, 4) is 0 Å². The van der Waals surface area contributed by atoms with E-state index in [4.69, 9.17) is 4.52 Å². The highest BCUT2D eigenvalue weighted by atomic mass is 35.5. The van der Waals surface area contributed by atoms with Crippen molar-refractivity contribution in [3.63, 3.8) is 0 Å². The van der Waals surface area contributed by atoms with E-state index < -0.39 is 0 Å². The molecule has 1 saturated heterocycles. The second-order valence-corrected chi connectivity index (χ2v) is 8.25. The summed E-state index contributed by atoms with van der Waals surface area (Å²) in [4.78, 5) is 17.7. The van der Waals surface area contributed by atoms with Gasteiger partial charge in [0.1, 0.15) is 6.04 Å². The Labute approximate surface area is 161 Å². The number of rotatable bonds is 4. The van der Waals surface area contributed by atoms with Crippen molar-refractivity contribution >= 4 is 18.3 Å². The minimum Gasteiger partial charge on any atom is -0.344 e. The summed E-state index contributed by atoms with van der Waals surface area (Å²) in [5, 5.41) is 10.8. The van der Waals surface area contributed by atoms with Gasteiger partial charge in [-0.3, -0.25) is 4.79 Å². The van der Waals surface area contributed by atoms with Gasteiger partial charge >= 0.3 is 0 Å². The lowest BCUT2D eigenvalue weighted by molar-refractivity contribution is -0.134. The predicted octanol–water partition coefficient (Wildman–Crippen LogP) is 3.50. The van der Waals surface area contributed by atoms with Crippen molar-refractivity contribution in [2.75, 3.05) is 13.1 Å². The molecule has 3 atom stereocenters. The number of amides is 1. The fourth-order valence-corrected chi connectivity index (χ4v) is 5.04. The molecule has 1 aromatic rings. The van der Waals surface area contributed by atoms with Crippen LogP contribution in [0.15, 0.2) is 4.52 Å². The maximum Gasteiger partial charge on any atom is 0.248 e. The highest BCUT2D eigenvalue weighted by Gasteiger charge is 2.50. The van der Waals surface area contributed by atoms with Gasteiger partial charge < -0.3 is 15.2 Å². The summed E-state index contributed by atoms with van der Waals surface area (Å²) in [7, 11) is 0. The predicted molar refractivity (Wildman–Crippen MR) is 101 cm³/mol. The molecule has 1 unspecified atom stereocenters. The Bertz CT molecular complexity index is 616. The lowest BCUT2D eigenvalue weighted by atomic mass is 9.67. The maximum absolute atomic E-state index is 13.1. The molecule has 6 nitrogen and oxygen atoms in total. The molecular weight excluding hydrogens is 352 g/mol. The molecule has 3 fully saturated rings. The van der Waals surface area contributed by atoms with Gasteiger partial charge in [-0.25, -0.2) is 0 Å². The highest BCUT2D eigenvalue weighted by Crippen LogP contribution is 2.44. The number of aromatic nitrogens is 2. The molecule has 0 bridgehead atoms. The van der Waals surface area contributed by atoms with Crippen molar-refractivity contribution < 1.29 is 9.32 Å². The molecule has 4 rings (SSSR count). The van der Waals surface area contributed by atoms with Crippen LogP contribution in [-0.4, -0.2) is 29.1 Å². The molecule has 1 aromatic heterocycles. The van der Waals surface area contributed by atoms with Crippen LogP contribution in [0.4, 0.5) is 0 Å². The lowest BCUT2D eigenvalue weighted by Crippen LogP contribution is -2.48. The summed E-state index contributed by atoms with van der Waals surface area (Å²) in [5.41, 5.74) is -0.237. The molecule has 1 amide bonds. The first-order valence-corrected chi connectivity index (χ1v) is 10.0. The Kier molecular flexibility index (Phi) is 6.23. The Morgan fingerprint density at radius 1 is 1.23 bits per heavy atom. The minimum atomic E-state index is -0.237. The number of nitrogens with zero attached hydrogens (tertiary/aromatic N) is 2. The first kappa shape index (κ1) is 19.6. The number of hydrogen-bond donors (Lipinski definition) is 2. The molecule has 1 aliphatic heterocycles. The van der Waals surface area contributed by atoms with Crippen LogP contribution in [0, 0.1) is 11.3 Å². The summed E-state index contributed by atoms with van der Waals surface area (Å²) < 4.78 is 5.49. The molecule has 2 N–H and O–H groups in total. The molecule has 0 radical (unpaired) electrons. The van der Waals surface area contributed by atoms with E-state index in [9.17, 15) is 4.79 Å². The van der Waals surface area contributed by atoms with Crippen LogP contribution in [0.1, 0.15) is 88.4 Å². The minimum absolute atomic E-state index is 0. The van der Waals surface area contributed by atoms with Crippen LogP contribution < -0.4 is 10.6 Å². The second-order valence-electron chi connectivity index (χ2n) is 8.25. The zero-order valence-electron chi connectivity index (χ0n) is 15.6. The molecule has 146 valence electrons. The third kappa shape index (κ3) is 3.63. The van der Waals surface area contributed by atoms with E-state index in [0.717, 1.165) is 51.0 Å². The summed E-state index contributed by atoms with van der Waals surface area (Å²) >= 11 is 0. The second kappa shape index (κ2) is 8.26. The lowest BCUT2D eigenvalue weighted by Gasteiger charge is -2.37. The molecule has 0 aromatic carbocycles. The number of fused-ring (bicyclic) bond motifs is 1. The smallest absolute Gasteiger partial charge is 0.248 e. The molecule has 7 heteroatoms. The third-order valence-corrected chi connectivity index (χ3v) is 6.64. The van der Waals surface area contributed by atoms with E-state index in [-0.39, 0.29) is 29.8 Å². The summed E-state index contributed by atoms with van der Waals surface area (Å²) in [5.74, 6) is 2.42. The fourth-order valence-electron chi connectivity index (χ4n) is 5.04. The SMILES string of the molecule is CC(NC(=O)[C@@]12CCCC[C@H]1CNC2)c1nc(C2CCCCC2)no1.Cl. The molecule has 2 saturated carbocycles. The van der Waals surface area contributed by atoms with Crippen LogP contribution in [0.3, 0.4) is 0 Å². The Balaban J connectivity index is 0.00000196. The quantitative estimate of drug-likeness (QED) is 0.833. The summed E-state index contributed by atoms with van der Waals surface area (Å²) in [6.45, 7) is 3.72. The van der Waals surface area contributed by atoms with Gasteiger partial charge in [-0.2, -0.15) is 4.98 Å². The van der Waals surface area contributed by atoms with Crippen molar-refractivity contribution in [3.05, 3.63) is 11.7 Å². The van der Waals surface area contributed by atoms with Crippen molar-refractivity contribution in [1.82, 2.24) is 20.8 Å². The first-order chi connectivity index (χ1) is 12.2. The molecular formula is C19H31ClN4O2. The van der Waals surface area contributed by atoms with Crippen LogP contribution in [0.2, 0.25) is 0 Å². The highest BCUT2D eigenvalue weighted by molar-refractivity contribution is 5.85. The summed E-state index contributed by atoms with van der Waals surface area (Å²) in [6.07, 6.45) is 10.6. The van der Waals surface area contributed by atoms with Gasteiger partial charge in [-0.05, 0) is 45.1 Å². The first-order valence-electron chi connectivity index (χ1n) is 10.0. The summed E-state index contributed by atoms with van der Waals surface area (Å²) in [6, 6.07) is -0.227. The fraction of sp³-hybridized carbons (Fsp3) is 0.842. The Morgan fingerprint density at radius 2 is 2.00 bits per heavy atom. The molecule has 3 aliphatic rings. The third-order valence-electron chi connectivity index (χ3n) is 6.64. The van der Waals surface area contributed by atoms with E-state index in [1.807, 2.05) is 6.92 Å².